The van der Waals surface area contributed by atoms with Crippen LogP contribution in [0, 0.1) is 5.92 Å². The summed E-state index contributed by atoms with van der Waals surface area (Å²) in [5.41, 5.74) is 0. The summed E-state index contributed by atoms with van der Waals surface area (Å²) in [5.74, 6) is 0.941. The largest absolute Gasteiger partial charge is 0.356 e. The lowest BCUT2D eigenvalue weighted by molar-refractivity contribution is -0.121. The van der Waals surface area contributed by atoms with Gasteiger partial charge >= 0.3 is 0 Å². The Morgan fingerprint density at radius 1 is 1.53 bits per heavy atom. The third-order valence-electron chi connectivity index (χ3n) is 2.87. The van der Waals surface area contributed by atoms with Crippen LogP contribution in [0.1, 0.15) is 46.0 Å². The maximum Gasteiger partial charge on any atom is 0.221 e. The van der Waals surface area contributed by atoms with Crippen LogP contribution >= 0.6 is 0 Å². The normalized spacial score (nSPS) is 20.9. The second-order valence-corrected chi connectivity index (χ2v) is 4.88. The van der Waals surface area contributed by atoms with Crippen molar-refractivity contribution in [1.29, 1.82) is 0 Å². The first kappa shape index (κ1) is 12.5. The van der Waals surface area contributed by atoms with E-state index >= 15 is 0 Å². The summed E-state index contributed by atoms with van der Waals surface area (Å²) in [6, 6.07) is 0.426. The Kier molecular flexibility index (Phi) is 5.69. The minimum Gasteiger partial charge on any atom is -0.356 e. The van der Waals surface area contributed by atoms with Gasteiger partial charge in [0, 0.05) is 19.0 Å². The zero-order valence-corrected chi connectivity index (χ0v) is 10.0. The molecule has 0 aromatic carbocycles. The van der Waals surface area contributed by atoms with E-state index in [-0.39, 0.29) is 5.91 Å². The van der Waals surface area contributed by atoms with Gasteiger partial charge in [-0.1, -0.05) is 13.8 Å². The number of carbonyl (C=O) groups excluding carboxylic acids is 1. The molecule has 0 radical (unpaired) electrons. The molecule has 1 unspecified atom stereocenters. The zero-order chi connectivity index (χ0) is 11.1. The molecular formula is C12H24N2O. The zero-order valence-electron chi connectivity index (χ0n) is 10.0. The van der Waals surface area contributed by atoms with Crippen LogP contribution in [0.2, 0.25) is 0 Å². The lowest BCUT2D eigenvalue weighted by Gasteiger charge is -2.10. The van der Waals surface area contributed by atoms with Crippen molar-refractivity contribution in [1.82, 2.24) is 10.6 Å². The third-order valence-corrected chi connectivity index (χ3v) is 2.87. The number of hydrogen-bond acceptors (Lipinski definition) is 2. The smallest absolute Gasteiger partial charge is 0.221 e. The average Bonchev–Trinajstić information content (AvgIpc) is 2.64. The van der Waals surface area contributed by atoms with E-state index in [2.05, 4.69) is 24.5 Å². The Morgan fingerprint density at radius 3 is 2.93 bits per heavy atom. The van der Waals surface area contributed by atoms with E-state index in [9.17, 15) is 4.79 Å². The monoisotopic (exact) mass is 212 g/mol. The third kappa shape index (κ3) is 5.78. The van der Waals surface area contributed by atoms with Crippen LogP contribution < -0.4 is 10.6 Å². The molecule has 1 saturated heterocycles. The van der Waals surface area contributed by atoms with E-state index in [0.717, 1.165) is 31.8 Å². The van der Waals surface area contributed by atoms with Gasteiger partial charge in [0.25, 0.3) is 0 Å². The van der Waals surface area contributed by atoms with Crippen molar-refractivity contribution in [3.05, 3.63) is 0 Å². The maximum absolute atomic E-state index is 11.5. The summed E-state index contributed by atoms with van der Waals surface area (Å²) in [5, 5.41) is 6.32. The fourth-order valence-corrected chi connectivity index (χ4v) is 1.97. The topological polar surface area (TPSA) is 41.1 Å². The quantitative estimate of drug-likeness (QED) is 0.658. The van der Waals surface area contributed by atoms with E-state index < -0.39 is 0 Å². The van der Waals surface area contributed by atoms with Gasteiger partial charge in [-0.15, -0.1) is 0 Å². The molecule has 1 atom stereocenters. The van der Waals surface area contributed by atoms with Crippen LogP contribution in [0.4, 0.5) is 0 Å². The molecule has 1 amide bonds. The molecule has 2 N–H and O–H groups in total. The Bertz CT molecular complexity index is 186. The van der Waals surface area contributed by atoms with Crippen LogP contribution in [0.5, 0.6) is 0 Å². The van der Waals surface area contributed by atoms with Crippen LogP contribution in [0.15, 0.2) is 0 Å². The molecule has 1 heterocycles. The first-order valence-electron chi connectivity index (χ1n) is 6.18. The maximum atomic E-state index is 11.5. The lowest BCUT2D eigenvalue weighted by Crippen LogP contribution is -2.32. The van der Waals surface area contributed by atoms with Gasteiger partial charge in [0.05, 0.1) is 0 Å². The Morgan fingerprint density at radius 2 is 2.33 bits per heavy atom. The summed E-state index contributed by atoms with van der Waals surface area (Å²) >= 11 is 0. The second kappa shape index (κ2) is 6.83. The van der Waals surface area contributed by atoms with Gasteiger partial charge in [-0.05, 0) is 38.1 Å². The van der Waals surface area contributed by atoms with Crippen molar-refractivity contribution in [2.45, 2.75) is 52.0 Å². The first-order valence-corrected chi connectivity index (χ1v) is 6.18. The van der Waals surface area contributed by atoms with E-state index in [0.29, 0.717) is 12.5 Å². The van der Waals surface area contributed by atoms with Crippen molar-refractivity contribution >= 4 is 5.91 Å². The standard InChI is InChI=1S/C12H24N2O/c1-10(2)5-3-8-14-12(15)9-11-6-4-7-13-11/h10-11,13H,3-9H2,1-2H3,(H,14,15). The number of amides is 1. The fourth-order valence-electron chi connectivity index (χ4n) is 1.97. The molecule has 0 aromatic heterocycles. The highest BCUT2D eigenvalue weighted by Crippen LogP contribution is 2.08. The number of rotatable bonds is 6. The molecule has 0 aliphatic carbocycles. The molecule has 15 heavy (non-hydrogen) atoms. The predicted molar refractivity (Wildman–Crippen MR) is 62.7 cm³/mol. The van der Waals surface area contributed by atoms with Crippen LogP contribution in [0.25, 0.3) is 0 Å². The van der Waals surface area contributed by atoms with Crippen molar-refractivity contribution in [3.8, 4) is 0 Å². The Labute approximate surface area is 93.0 Å². The first-order chi connectivity index (χ1) is 7.18. The molecule has 3 nitrogen and oxygen atoms in total. The summed E-state index contributed by atoms with van der Waals surface area (Å²) in [6.07, 6.45) is 5.32. The highest BCUT2D eigenvalue weighted by Gasteiger charge is 2.16. The highest BCUT2D eigenvalue weighted by molar-refractivity contribution is 5.76. The van der Waals surface area contributed by atoms with Crippen molar-refractivity contribution in [2.24, 2.45) is 5.92 Å². The molecule has 88 valence electrons. The highest BCUT2D eigenvalue weighted by atomic mass is 16.1. The molecule has 0 saturated carbocycles. The molecule has 0 spiro atoms. The van der Waals surface area contributed by atoms with Gasteiger partial charge in [0.1, 0.15) is 0 Å². The van der Waals surface area contributed by atoms with Crippen molar-refractivity contribution in [2.75, 3.05) is 13.1 Å². The fraction of sp³-hybridized carbons (Fsp3) is 0.917. The molecule has 0 aromatic rings. The van der Waals surface area contributed by atoms with Gasteiger partial charge < -0.3 is 10.6 Å². The van der Waals surface area contributed by atoms with Crippen LogP contribution in [-0.2, 0) is 4.79 Å². The van der Waals surface area contributed by atoms with E-state index in [4.69, 9.17) is 0 Å². The molecule has 1 aliphatic heterocycles. The van der Waals surface area contributed by atoms with Gasteiger partial charge in [0.2, 0.25) is 5.91 Å². The number of nitrogens with one attached hydrogen (secondary N) is 2. The predicted octanol–water partition coefficient (Wildman–Crippen LogP) is 1.68. The number of carbonyl (C=O) groups is 1. The molecule has 1 aliphatic rings. The lowest BCUT2D eigenvalue weighted by atomic mass is 10.1. The molecule has 3 heteroatoms. The summed E-state index contributed by atoms with van der Waals surface area (Å²) < 4.78 is 0. The summed E-state index contributed by atoms with van der Waals surface area (Å²) in [6.45, 7) is 6.34. The van der Waals surface area contributed by atoms with Gasteiger partial charge in [-0.25, -0.2) is 0 Å². The summed E-state index contributed by atoms with van der Waals surface area (Å²) in [4.78, 5) is 11.5. The van der Waals surface area contributed by atoms with Gasteiger partial charge in [-0.3, -0.25) is 4.79 Å². The molecular weight excluding hydrogens is 188 g/mol. The molecule has 0 bridgehead atoms. The number of hydrogen-bond donors (Lipinski definition) is 2. The SMILES string of the molecule is CC(C)CCCNC(=O)CC1CCCN1. The van der Waals surface area contributed by atoms with Crippen LogP contribution in [0.3, 0.4) is 0 Å². The molecule has 1 rings (SSSR count). The van der Waals surface area contributed by atoms with E-state index in [1.54, 1.807) is 0 Å². The van der Waals surface area contributed by atoms with E-state index in [1.165, 1.54) is 12.8 Å². The van der Waals surface area contributed by atoms with Gasteiger partial charge in [-0.2, -0.15) is 0 Å². The van der Waals surface area contributed by atoms with Crippen LogP contribution in [-0.4, -0.2) is 25.0 Å². The van der Waals surface area contributed by atoms with Crippen molar-refractivity contribution < 1.29 is 4.79 Å². The van der Waals surface area contributed by atoms with E-state index in [1.807, 2.05) is 0 Å². The second-order valence-electron chi connectivity index (χ2n) is 4.88. The van der Waals surface area contributed by atoms with Gasteiger partial charge in [0.15, 0.2) is 0 Å². The van der Waals surface area contributed by atoms with Crippen molar-refractivity contribution in [3.63, 3.8) is 0 Å². The minimum atomic E-state index is 0.207. The minimum absolute atomic E-state index is 0.207. The Balaban J connectivity index is 1.98. The summed E-state index contributed by atoms with van der Waals surface area (Å²) in [7, 11) is 0. The average molecular weight is 212 g/mol. The Hall–Kier alpha value is -0.570. The molecule has 1 fully saturated rings.